The number of dihydropyridines is 1. The zero-order valence-corrected chi connectivity index (χ0v) is 8.30. The number of allylic oxidation sites excluding steroid dienone is 3. The zero-order valence-electron chi connectivity index (χ0n) is 8.30. The maximum atomic E-state index is 7.67. The van der Waals surface area contributed by atoms with E-state index < -0.39 is 0 Å². The molecule has 0 aromatic carbocycles. The van der Waals surface area contributed by atoms with Crippen LogP contribution in [0.4, 0.5) is 0 Å². The highest BCUT2D eigenvalue weighted by molar-refractivity contribution is 6.05. The summed E-state index contributed by atoms with van der Waals surface area (Å²) in [5.41, 5.74) is 4.97. The van der Waals surface area contributed by atoms with Gasteiger partial charge in [0.05, 0.1) is 11.4 Å². The van der Waals surface area contributed by atoms with Crippen molar-refractivity contribution in [3.63, 3.8) is 0 Å². The minimum Gasteiger partial charge on any atom is -0.380 e. The summed E-state index contributed by atoms with van der Waals surface area (Å²) >= 11 is 0. The zero-order chi connectivity index (χ0) is 10.4. The van der Waals surface area contributed by atoms with Gasteiger partial charge in [-0.15, -0.1) is 0 Å². The van der Waals surface area contributed by atoms with E-state index in [2.05, 4.69) is 23.7 Å². The van der Waals surface area contributed by atoms with E-state index in [1.807, 2.05) is 6.08 Å². The van der Waals surface area contributed by atoms with Gasteiger partial charge in [-0.05, 0) is 18.6 Å². The Morgan fingerprint density at radius 1 is 1.71 bits per heavy atom. The molecule has 0 radical (unpaired) electrons. The number of hydrazine groups is 1. The summed E-state index contributed by atoms with van der Waals surface area (Å²) in [6.45, 7) is 2.95. The Morgan fingerprint density at radius 3 is 3.00 bits per heavy atom. The van der Waals surface area contributed by atoms with E-state index >= 15 is 0 Å². The first-order chi connectivity index (χ1) is 6.77. The van der Waals surface area contributed by atoms with Gasteiger partial charge >= 0.3 is 0 Å². The standard InChI is InChI=1S/C10H16N4/c1-2-8-3-4-10(13-7-8)9(11)5-6-14-12/h3-6,11,13-14H,2,7,12H2,1H3/b6-5-,11-9?. The third kappa shape index (κ3) is 2.74. The van der Waals surface area contributed by atoms with E-state index in [0.717, 1.165) is 18.7 Å². The molecule has 0 aromatic rings. The molecule has 0 spiro atoms. The molecule has 0 saturated heterocycles. The van der Waals surface area contributed by atoms with Crippen molar-refractivity contribution in [2.45, 2.75) is 13.3 Å². The molecule has 76 valence electrons. The highest BCUT2D eigenvalue weighted by atomic mass is 15.2. The van der Waals surface area contributed by atoms with Gasteiger partial charge in [0, 0.05) is 12.7 Å². The van der Waals surface area contributed by atoms with E-state index in [9.17, 15) is 0 Å². The van der Waals surface area contributed by atoms with Crippen LogP contribution in [-0.2, 0) is 0 Å². The number of hydrogen-bond donors (Lipinski definition) is 4. The summed E-state index contributed by atoms with van der Waals surface area (Å²) in [6.07, 6.45) is 8.17. The van der Waals surface area contributed by atoms with Crippen molar-refractivity contribution in [3.8, 4) is 0 Å². The smallest absolute Gasteiger partial charge is 0.0786 e. The van der Waals surface area contributed by atoms with Crippen LogP contribution >= 0.6 is 0 Å². The fraction of sp³-hybridized carbons (Fsp3) is 0.300. The first-order valence-electron chi connectivity index (χ1n) is 4.63. The van der Waals surface area contributed by atoms with E-state index in [1.54, 1.807) is 6.08 Å². The first kappa shape index (κ1) is 10.5. The van der Waals surface area contributed by atoms with Gasteiger partial charge < -0.3 is 10.7 Å². The van der Waals surface area contributed by atoms with Gasteiger partial charge in [0.2, 0.25) is 0 Å². The molecular weight excluding hydrogens is 176 g/mol. The number of hydrogen-bond acceptors (Lipinski definition) is 4. The molecule has 1 aliphatic rings. The molecule has 1 aliphatic heterocycles. The van der Waals surface area contributed by atoms with Crippen LogP contribution in [0.2, 0.25) is 0 Å². The Kier molecular flexibility index (Phi) is 3.94. The molecule has 4 heteroatoms. The highest BCUT2D eigenvalue weighted by Crippen LogP contribution is 2.08. The van der Waals surface area contributed by atoms with Gasteiger partial charge in [-0.3, -0.25) is 11.3 Å². The van der Waals surface area contributed by atoms with Gasteiger partial charge in [0.1, 0.15) is 0 Å². The largest absolute Gasteiger partial charge is 0.380 e. The first-order valence-corrected chi connectivity index (χ1v) is 4.63. The van der Waals surface area contributed by atoms with E-state index in [4.69, 9.17) is 11.3 Å². The molecule has 0 unspecified atom stereocenters. The molecule has 0 atom stereocenters. The second-order valence-electron chi connectivity index (χ2n) is 3.03. The van der Waals surface area contributed by atoms with Crippen LogP contribution in [0.5, 0.6) is 0 Å². The van der Waals surface area contributed by atoms with Crippen LogP contribution in [0.25, 0.3) is 0 Å². The number of nitrogens with two attached hydrogens (primary N) is 1. The third-order valence-electron chi connectivity index (χ3n) is 2.08. The van der Waals surface area contributed by atoms with Gasteiger partial charge in [0.15, 0.2) is 0 Å². The number of rotatable bonds is 4. The Morgan fingerprint density at radius 2 is 2.50 bits per heavy atom. The summed E-state index contributed by atoms with van der Waals surface area (Å²) in [4.78, 5) is 0. The summed E-state index contributed by atoms with van der Waals surface area (Å²) in [5.74, 6) is 5.06. The lowest BCUT2D eigenvalue weighted by Gasteiger charge is -2.15. The molecular formula is C10H16N4. The second kappa shape index (κ2) is 5.24. The van der Waals surface area contributed by atoms with Crippen LogP contribution in [0, 0.1) is 5.41 Å². The van der Waals surface area contributed by atoms with Crippen molar-refractivity contribution < 1.29 is 0 Å². The SMILES string of the molecule is CCC1=CC=C(C(=N)/C=C\NN)NC1. The molecule has 0 bridgehead atoms. The molecule has 0 fully saturated rings. The molecule has 0 aromatic heterocycles. The molecule has 4 nitrogen and oxygen atoms in total. The molecule has 0 saturated carbocycles. The average molecular weight is 192 g/mol. The number of nitrogens with one attached hydrogen (secondary N) is 3. The topological polar surface area (TPSA) is 73.9 Å². The van der Waals surface area contributed by atoms with Gasteiger partial charge in [0.25, 0.3) is 0 Å². The third-order valence-corrected chi connectivity index (χ3v) is 2.08. The molecule has 14 heavy (non-hydrogen) atoms. The maximum Gasteiger partial charge on any atom is 0.0786 e. The van der Waals surface area contributed by atoms with Crippen molar-refractivity contribution in [1.82, 2.24) is 10.7 Å². The molecule has 0 amide bonds. The van der Waals surface area contributed by atoms with Crippen LogP contribution in [-0.4, -0.2) is 12.3 Å². The van der Waals surface area contributed by atoms with E-state index in [0.29, 0.717) is 5.71 Å². The van der Waals surface area contributed by atoms with Crippen LogP contribution < -0.4 is 16.6 Å². The Hall–Kier alpha value is -1.55. The van der Waals surface area contributed by atoms with Crippen LogP contribution in [0.1, 0.15) is 13.3 Å². The highest BCUT2D eigenvalue weighted by Gasteiger charge is 2.05. The lowest BCUT2D eigenvalue weighted by molar-refractivity contribution is 0.850. The minimum absolute atomic E-state index is 0.425. The lowest BCUT2D eigenvalue weighted by atomic mass is 10.1. The maximum absolute atomic E-state index is 7.67. The van der Waals surface area contributed by atoms with Crippen molar-refractivity contribution in [2.24, 2.45) is 5.84 Å². The molecule has 1 rings (SSSR count). The van der Waals surface area contributed by atoms with Crippen molar-refractivity contribution in [3.05, 3.63) is 35.7 Å². The molecule has 0 aliphatic carbocycles. The van der Waals surface area contributed by atoms with Crippen LogP contribution in [0.3, 0.4) is 0 Å². The van der Waals surface area contributed by atoms with E-state index in [-0.39, 0.29) is 0 Å². The summed E-state index contributed by atoms with van der Waals surface area (Å²) in [6, 6.07) is 0. The summed E-state index contributed by atoms with van der Waals surface area (Å²) in [5, 5.41) is 10.8. The minimum atomic E-state index is 0.425. The fourth-order valence-corrected chi connectivity index (χ4v) is 1.18. The molecule has 1 heterocycles. The van der Waals surface area contributed by atoms with Crippen LogP contribution in [0.15, 0.2) is 35.7 Å². The Labute approximate surface area is 84.0 Å². The van der Waals surface area contributed by atoms with Gasteiger partial charge in [-0.2, -0.15) is 0 Å². The average Bonchev–Trinajstić information content (AvgIpc) is 2.26. The van der Waals surface area contributed by atoms with Crippen molar-refractivity contribution in [2.75, 3.05) is 6.54 Å². The predicted octanol–water partition coefficient (Wildman–Crippen LogP) is 0.807. The summed E-state index contributed by atoms with van der Waals surface area (Å²) < 4.78 is 0. The summed E-state index contributed by atoms with van der Waals surface area (Å²) in [7, 11) is 0. The van der Waals surface area contributed by atoms with Gasteiger partial charge in [-0.1, -0.05) is 18.6 Å². The lowest BCUT2D eigenvalue weighted by Crippen LogP contribution is -2.24. The normalized spacial score (nSPS) is 15.9. The Bertz CT molecular complexity index is 299. The van der Waals surface area contributed by atoms with Crippen molar-refractivity contribution >= 4 is 5.71 Å². The monoisotopic (exact) mass is 192 g/mol. The Balaban J connectivity index is 2.63. The second-order valence-corrected chi connectivity index (χ2v) is 3.03. The van der Waals surface area contributed by atoms with E-state index in [1.165, 1.54) is 11.8 Å². The fourth-order valence-electron chi connectivity index (χ4n) is 1.18. The predicted molar refractivity (Wildman–Crippen MR) is 58.6 cm³/mol. The quantitative estimate of drug-likeness (QED) is 0.302. The van der Waals surface area contributed by atoms with Gasteiger partial charge in [-0.25, -0.2) is 0 Å². The van der Waals surface area contributed by atoms with Crippen molar-refractivity contribution in [1.29, 1.82) is 5.41 Å². The molecule has 5 N–H and O–H groups in total.